The number of halogens is 2. The van der Waals surface area contributed by atoms with Crippen LogP contribution in [0.3, 0.4) is 0 Å². The minimum absolute atomic E-state index is 0.0516. The van der Waals surface area contributed by atoms with E-state index in [2.05, 4.69) is 10.1 Å². The first-order valence-corrected chi connectivity index (χ1v) is 11.3. The number of aryl methyl sites for hydroxylation is 3. The van der Waals surface area contributed by atoms with E-state index in [0.29, 0.717) is 30.6 Å². The Kier molecular flexibility index (Phi) is 5.39. The van der Waals surface area contributed by atoms with Gasteiger partial charge in [0, 0.05) is 50.1 Å². The molecule has 5 rings (SSSR count). The number of rotatable bonds is 3. The van der Waals surface area contributed by atoms with Crippen molar-refractivity contribution < 1.29 is 13.5 Å². The first-order chi connectivity index (χ1) is 15.3. The van der Waals surface area contributed by atoms with Crippen LogP contribution in [-0.4, -0.2) is 42.2 Å². The number of fused-ring (bicyclic) bond motifs is 1. The number of hydrogen-bond donors (Lipinski definition) is 0. The second-order valence-electron chi connectivity index (χ2n) is 9.19. The van der Waals surface area contributed by atoms with Crippen molar-refractivity contribution in [3.05, 3.63) is 40.9 Å². The Morgan fingerprint density at radius 3 is 2.47 bits per heavy atom. The van der Waals surface area contributed by atoms with Crippen LogP contribution in [0.2, 0.25) is 0 Å². The molecule has 0 aromatic carbocycles. The van der Waals surface area contributed by atoms with Gasteiger partial charge in [0.1, 0.15) is 11.3 Å². The first-order valence-electron chi connectivity index (χ1n) is 11.3. The molecule has 170 valence electrons. The van der Waals surface area contributed by atoms with Crippen molar-refractivity contribution in [1.82, 2.24) is 29.7 Å². The lowest BCUT2D eigenvalue weighted by atomic mass is 9.84. The van der Waals surface area contributed by atoms with Crippen molar-refractivity contribution in [2.75, 3.05) is 6.61 Å². The minimum Gasteiger partial charge on any atom is -0.373 e. The summed E-state index contributed by atoms with van der Waals surface area (Å²) in [5, 5.41) is 4.26. The van der Waals surface area contributed by atoms with E-state index in [4.69, 9.17) is 19.7 Å². The summed E-state index contributed by atoms with van der Waals surface area (Å²) in [6, 6.07) is 0. The van der Waals surface area contributed by atoms with Crippen LogP contribution in [0.5, 0.6) is 0 Å². The molecular formula is C23H28F2N6O. The van der Waals surface area contributed by atoms with Gasteiger partial charge in [0.15, 0.2) is 5.65 Å². The van der Waals surface area contributed by atoms with Gasteiger partial charge in [-0.15, -0.1) is 0 Å². The maximum Gasteiger partial charge on any atom is 0.248 e. The van der Waals surface area contributed by atoms with Crippen molar-refractivity contribution >= 4 is 11.2 Å². The SMILES string of the molecule is Cc1nc2nc([C@H]3CCO[C@H](c4cnn(C)c4)C3)nc(C3CCC(F)(F)CC3)c2nc1C. The van der Waals surface area contributed by atoms with Crippen LogP contribution in [0, 0.1) is 13.8 Å². The van der Waals surface area contributed by atoms with E-state index in [9.17, 15) is 8.78 Å². The van der Waals surface area contributed by atoms with E-state index in [1.807, 2.05) is 33.3 Å². The molecule has 7 nitrogen and oxygen atoms in total. The standard InChI is InChI=1S/C23H28F2N6O/c1-13-14(2)28-22-20(27-13)19(15-4-7-23(24,25)8-5-15)29-21(30-22)16-6-9-32-18(10-16)17-11-26-31(3)12-17/h11-12,15-16,18H,4-10H2,1-3H3/t16-,18-/m0/s1. The molecule has 1 saturated heterocycles. The van der Waals surface area contributed by atoms with E-state index in [1.165, 1.54) is 0 Å². The lowest BCUT2D eigenvalue weighted by molar-refractivity contribution is -0.0384. The minimum atomic E-state index is -2.59. The highest BCUT2D eigenvalue weighted by Gasteiger charge is 2.37. The fraction of sp³-hybridized carbons (Fsp3) is 0.609. The predicted octanol–water partition coefficient (Wildman–Crippen LogP) is 4.70. The Bertz CT molecular complexity index is 1140. The summed E-state index contributed by atoms with van der Waals surface area (Å²) >= 11 is 0. The van der Waals surface area contributed by atoms with Crippen LogP contribution in [0.1, 0.15) is 84.9 Å². The maximum atomic E-state index is 13.8. The van der Waals surface area contributed by atoms with Crippen molar-refractivity contribution in [1.29, 1.82) is 0 Å². The average Bonchev–Trinajstić information content (AvgIpc) is 3.21. The van der Waals surface area contributed by atoms with E-state index in [1.54, 1.807) is 4.68 Å². The smallest absolute Gasteiger partial charge is 0.248 e. The molecule has 0 radical (unpaired) electrons. The van der Waals surface area contributed by atoms with Crippen LogP contribution in [0.4, 0.5) is 8.78 Å². The third-order valence-electron chi connectivity index (χ3n) is 6.84. The highest BCUT2D eigenvalue weighted by Crippen LogP contribution is 2.43. The summed E-state index contributed by atoms with van der Waals surface area (Å²) in [6.07, 6.45) is 5.87. The Labute approximate surface area is 185 Å². The Morgan fingerprint density at radius 2 is 1.75 bits per heavy atom. The van der Waals surface area contributed by atoms with Crippen LogP contribution in [0.15, 0.2) is 12.4 Å². The van der Waals surface area contributed by atoms with Gasteiger partial charge in [0.2, 0.25) is 5.92 Å². The summed E-state index contributed by atoms with van der Waals surface area (Å²) in [5.74, 6) is -1.81. The molecule has 0 unspecified atom stereocenters. The largest absolute Gasteiger partial charge is 0.373 e. The number of alkyl halides is 2. The summed E-state index contributed by atoms with van der Waals surface area (Å²) in [7, 11) is 1.89. The highest BCUT2D eigenvalue weighted by molar-refractivity contribution is 5.73. The van der Waals surface area contributed by atoms with Crippen LogP contribution in [0.25, 0.3) is 11.2 Å². The molecule has 32 heavy (non-hydrogen) atoms. The molecular weight excluding hydrogens is 414 g/mol. The summed E-state index contributed by atoms with van der Waals surface area (Å²) in [4.78, 5) is 19.2. The monoisotopic (exact) mass is 442 g/mol. The quantitative estimate of drug-likeness (QED) is 0.585. The molecule has 2 atom stereocenters. The summed E-state index contributed by atoms with van der Waals surface area (Å²) < 4.78 is 35.4. The second-order valence-corrected chi connectivity index (χ2v) is 9.19. The van der Waals surface area contributed by atoms with Gasteiger partial charge in [0.25, 0.3) is 0 Å². The zero-order chi connectivity index (χ0) is 22.5. The van der Waals surface area contributed by atoms with Gasteiger partial charge in [-0.3, -0.25) is 4.68 Å². The Morgan fingerprint density at radius 1 is 1.00 bits per heavy atom. The number of ether oxygens (including phenoxy) is 1. The molecule has 0 spiro atoms. The molecule has 4 heterocycles. The zero-order valence-corrected chi connectivity index (χ0v) is 18.7. The van der Waals surface area contributed by atoms with Gasteiger partial charge < -0.3 is 4.74 Å². The second kappa shape index (κ2) is 8.10. The van der Waals surface area contributed by atoms with E-state index >= 15 is 0 Å². The molecule has 2 fully saturated rings. The van der Waals surface area contributed by atoms with E-state index in [-0.39, 0.29) is 30.8 Å². The number of nitrogens with zero attached hydrogens (tertiary/aromatic N) is 6. The molecule has 3 aromatic rings. The highest BCUT2D eigenvalue weighted by atomic mass is 19.3. The molecule has 1 saturated carbocycles. The predicted molar refractivity (Wildman–Crippen MR) is 115 cm³/mol. The fourth-order valence-corrected chi connectivity index (χ4v) is 4.80. The normalized spacial score (nSPS) is 24.2. The Balaban J connectivity index is 1.52. The van der Waals surface area contributed by atoms with Crippen LogP contribution in [-0.2, 0) is 11.8 Å². The van der Waals surface area contributed by atoms with Gasteiger partial charge in [-0.25, -0.2) is 28.7 Å². The van der Waals surface area contributed by atoms with Crippen LogP contribution < -0.4 is 0 Å². The number of aromatic nitrogens is 6. The molecule has 1 aliphatic carbocycles. The third-order valence-corrected chi connectivity index (χ3v) is 6.84. The molecule has 3 aromatic heterocycles. The van der Waals surface area contributed by atoms with E-state index < -0.39 is 5.92 Å². The van der Waals surface area contributed by atoms with Crippen LogP contribution >= 0.6 is 0 Å². The molecule has 9 heteroatoms. The fourth-order valence-electron chi connectivity index (χ4n) is 4.80. The maximum absolute atomic E-state index is 13.8. The zero-order valence-electron chi connectivity index (χ0n) is 18.7. The first kappa shape index (κ1) is 21.3. The molecule has 0 amide bonds. The molecule has 0 N–H and O–H groups in total. The van der Waals surface area contributed by atoms with Gasteiger partial charge >= 0.3 is 0 Å². The molecule has 2 aliphatic rings. The lowest BCUT2D eigenvalue weighted by Crippen LogP contribution is -2.25. The van der Waals surface area contributed by atoms with Crippen molar-refractivity contribution in [2.24, 2.45) is 7.05 Å². The Hall–Kier alpha value is -2.55. The lowest BCUT2D eigenvalue weighted by Gasteiger charge is -2.30. The van der Waals surface area contributed by atoms with Crippen molar-refractivity contribution in [3.8, 4) is 0 Å². The van der Waals surface area contributed by atoms with Gasteiger partial charge in [-0.2, -0.15) is 5.10 Å². The average molecular weight is 443 g/mol. The van der Waals surface area contributed by atoms with Gasteiger partial charge in [-0.1, -0.05) is 0 Å². The summed E-state index contributed by atoms with van der Waals surface area (Å²) in [6.45, 7) is 4.43. The van der Waals surface area contributed by atoms with Crippen molar-refractivity contribution in [3.63, 3.8) is 0 Å². The molecule has 0 bridgehead atoms. The van der Waals surface area contributed by atoms with Gasteiger partial charge in [0.05, 0.1) is 29.4 Å². The van der Waals surface area contributed by atoms with Crippen molar-refractivity contribution in [2.45, 2.75) is 76.2 Å². The summed E-state index contributed by atoms with van der Waals surface area (Å²) in [5.41, 5.74) is 4.68. The topological polar surface area (TPSA) is 78.6 Å². The van der Waals surface area contributed by atoms with E-state index in [0.717, 1.165) is 41.3 Å². The molecule has 1 aliphatic heterocycles. The third kappa shape index (κ3) is 4.10. The van der Waals surface area contributed by atoms with Gasteiger partial charge in [-0.05, 0) is 39.5 Å². The number of hydrogen-bond acceptors (Lipinski definition) is 6.